The first-order valence-electron chi connectivity index (χ1n) is 8.15. The molecule has 3 rings (SSSR count). The number of nitrogens with zero attached hydrogens (tertiary/aromatic N) is 5. The van der Waals surface area contributed by atoms with Crippen molar-refractivity contribution in [1.82, 2.24) is 20.3 Å². The number of methoxy groups -OCH3 is 1. The molecule has 0 radical (unpaired) electrons. The number of hydrogen-bond donors (Lipinski definition) is 1. The van der Waals surface area contributed by atoms with Crippen LogP contribution in [-0.4, -0.2) is 39.7 Å². The van der Waals surface area contributed by atoms with Crippen LogP contribution < -0.4 is 14.8 Å². The lowest BCUT2D eigenvalue weighted by Gasteiger charge is -2.13. The van der Waals surface area contributed by atoms with Gasteiger partial charge in [0.1, 0.15) is 0 Å². The van der Waals surface area contributed by atoms with E-state index in [0.29, 0.717) is 17.4 Å². The van der Waals surface area contributed by atoms with Gasteiger partial charge in [-0.1, -0.05) is 28.1 Å². The average Bonchev–Trinajstić information content (AvgIpc) is 3.08. The molecule has 1 aromatic heterocycles. The smallest absolute Gasteiger partial charge is 0.269 e. The lowest BCUT2D eigenvalue weighted by molar-refractivity contribution is 0.230. The Kier molecular flexibility index (Phi) is 5.43. The molecule has 1 N–H and O–H groups in total. The molecule has 0 spiro atoms. The van der Waals surface area contributed by atoms with E-state index in [1.165, 1.54) is 4.79 Å². The van der Waals surface area contributed by atoms with Crippen LogP contribution in [0, 0.1) is 0 Å². The number of hydrogen-bond acceptors (Lipinski definition) is 7. The van der Waals surface area contributed by atoms with E-state index in [-0.39, 0.29) is 6.10 Å². The summed E-state index contributed by atoms with van der Waals surface area (Å²) in [6, 6.07) is 15.2. The van der Waals surface area contributed by atoms with Crippen molar-refractivity contribution in [3.05, 3.63) is 54.1 Å². The van der Waals surface area contributed by atoms with Crippen LogP contribution in [0.15, 0.2) is 53.6 Å². The Labute approximate surface area is 151 Å². The van der Waals surface area contributed by atoms with Crippen molar-refractivity contribution in [2.24, 2.45) is 5.10 Å². The van der Waals surface area contributed by atoms with E-state index in [1.807, 2.05) is 62.4 Å². The predicted octanol–water partition coefficient (Wildman–Crippen LogP) is 3.09. The first-order chi connectivity index (χ1) is 12.7. The molecule has 2 aromatic carbocycles. The molecule has 8 heteroatoms. The van der Waals surface area contributed by atoms with Crippen molar-refractivity contribution in [2.75, 3.05) is 12.4 Å². The van der Waals surface area contributed by atoms with E-state index in [2.05, 4.69) is 25.9 Å². The highest BCUT2D eigenvalue weighted by Crippen LogP contribution is 2.28. The fourth-order valence-corrected chi connectivity index (χ4v) is 2.22. The zero-order valence-electron chi connectivity index (χ0n) is 14.8. The van der Waals surface area contributed by atoms with E-state index >= 15 is 0 Å². The van der Waals surface area contributed by atoms with E-state index in [1.54, 1.807) is 13.3 Å². The highest BCUT2D eigenvalue weighted by atomic mass is 16.5. The second-order valence-corrected chi connectivity index (χ2v) is 5.70. The third-order valence-corrected chi connectivity index (χ3v) is 3.35. The monoisotopic (exact) mass is 352 g/mol. The summed E-state index contributed by atoms with van der Waals surface area (Å²) in [4.78, 5) is 1.32. The minimum absolute atomic E-state index is 0.0660. The molecular weight excluding hydrogens is 332 g/mol. The molecule has 0 unspecified atom stereocenters. The van der Waals surface area contributed by atoms with Crippen LogP contribution in [0.2, 0.25) is 0 Å². The van der Waals surface area contributed by atoms with E-state index in [4.69, 9.17) is 9.47 Å². The lowest BCUT2D eigenvalue weighted by Crippen LogP contribution is -2.07. The van der Waals surface area contributed by atoms with Crippen LogP contribution in [-0.2, 0) is 0 Å². The summed E-state index contributed by atoms with van der Waals surface area (Å²) in [5, 5.41) is 18.9. The highest BCUT2D eigenvalue weighted by molar-refractivity contribution is 5.81. The summed E-state index contributed by atoms with van der Waals surface area (Å²) in [5.41, 5.74) is 1.70. The number of anilines is 2. The second kappa shape index (κ2) is 8.11. The molecule has 0 saturated heterocycles. The summed E-state index contributed by atoms with van der Waals surface area (Å²) in [6.45, 7) is 3.93. The number of aromatic nitrogens is 4. The summed E-state index contributed by atoms with van der Waals surface area (Å²) in [5.74, 6) is 1.75. The lowest BCUT2D eigenvalue weighted by atomic mass is 10.2. The van der Waals surface area contributed by atoms with Crippen molar-refractivity contribution in [1.29, 1.82) is 0 Å². The number of benzene rings is 2. The van der Waals surface area contributed by atoms with Gasteiger partial charge in [0, 0.05) is 5.69 Å². The minimum Gasteiger partial charge on any atom is -0.493 e. The van der Waals surface area contributed by atoms with Crippen molar-refractivity contribution >= 4 is 17.9 Å². The Balaban J connectivity index is 1.77. The molecule has 0 atom stereocenters. The van der Waals surface area contributed by atoms with Crippen molar-refractivity contribution in [2.45, 2.75) is 20.0 Å². The summed E-state index contributed by atoms with van der Waals surface area (Å²) >= 11 is 0. The number of ether oxygens (including phenoxy) is 2. The van der Waals surface area contributed by atoms with Crippen LogP contribution in [0.3, 0.4) is 0 Å². The van der Waals surface area contributed by atoms with Crippen LogP contribution >= 0.6 is 0 Å². The molecule has 26 heavy (non-hydrogen) atoms. The molecule has 3 aromatic rings. The predicted molar refractivity (Wildman–Crippen MR) is 99.3 cm³/mol. The van der Waals surface area contributed by atoms with Crippen LogP contribution in [0.4, 0.5) is 11.6 Å². The van der Waals surface area contributed by atoms with Crippen molar-refractivity contribution < 1.29 is 9.47 Å². The molecule has 0 saturated carbocycles. The van der Waals surface area contributed by atoms with Gasteiger partial charge in [0.15, 0.2) is 11.5 Å². The Morgan fingerprint density at radius 2 is 1.92 bits per heavy atom. The van der Waals surface area contributed by atoms with E-state index in [9.17, 15) is 0 Å². The molecule has 8 nitrogen and oxygen atoms in total. The Hall–Kier alpha value is -3.42. The number of nitrogens with one attached hydrogen (secondary N) is 1. The topological polar surface area (TPSA) is 86.5 Å². The maximum Gasteiger partial charge on any atom is 0.269 e. The van der Waals surface area contributed by atoms with Gasteiger partial charge >= 0.3 is 0 Å². The van der Waals surface area contributed by atoms with Gasteiger partial charge < -0.3 is 14.8 Å². The quantitative estimate of drug-likeness (QED) is 0.658. The van der Waals surface area contributed by atoms with Crippen LogP contribution in [0.1, 0.15) is 19.4 Å². The summed E-state index contributed by atoms with van der Waals surface area (Å²) in [6.07, 6.45) is 1.71. The normalized spacial score (nSPS) is 11.1. The summed E-state index contributed by atoms with van der Waals surface area (Å²) < 4.78 is 11.1. The van der Waals surface area contributed by atoms with Gasteiger partial charge in [-0.05, 0) is 60.2 Å². The Morgan fingerprint density at radius 1 is 1.12 bits per heavy atom. The molecular formula is C18H20N6O2. The molecule has 1 heterocycles. The second-order valence-electron chi connectivity index (χ2n) is 5.70. The summed E-state index contributed by atoms with van der Waals surface area (Å²) in [7, 11) is 1.60. The first kappa shape index (κ1) is 17.4. The van der Waals surface area contributed by atoms with Crippen molar-refractivity contribution in [3.8, 4) is 11.5 Å². The molecule has 0 fully saturated rings. The average molecular weight is 352 g/mol. The third-order valence-electron chi connectivity index (χ3n) is 3.35. The molecule has 0 bridgehead atoms. The molecule has 0 aliphatic rings. The van der Waals surface area contributed by atoms with Gasteiger partial charge in [0.25, 0.3) is 5.95 Å². The zero-order chi connectivity index (χ0) is 18.4. The van der Waals surface area contributed by atoms with Gasteiger partial charge in [-0.15, -0.1) is 0 Å². The molecule has 0 amide bonds. The molecule has 0 aliphatic carbocycles. The maximum absolute atomic E-state index is 5.71. The van der Waals surface area contributed by atoms with Gasteiger partial charge in [-0.25, -0.2) is 0 Å². The van der Waals surface area contributed by atoms with Gasteiger partial charge in [0.2, 0.25) is 0 Å². The zero-order valence-corrected chi connectivity index (χ0v) is 14.8. The van der Waals surface area contributed by atoms with Gasteiger partial charge in [-0.2, -0.15) is 5.10 Å². The molecule has 0 aliphatic heterocycles. The SMILES string of the molecule is COc1cc(C=Nn2nnnc2Nc2ccccc2)ccc1OC(C)C. The van der Waals surface area contributed by atoms with E-state index in [0.717, 1.165) is 11.3 Å². The maximum atomic E-state index is 5.71. The Bertz CT molecular complexity index is 876. The third kappa shape index (κ3) is 4.35. The molecule has 134 valence electrons. The van der Waals surface area contributed by atoms with E-state index < -0.39 is 0 Å². The number of para-hydroxylation sites is 1. The van der Waals surface area contributed by atoms with Crippen LogP contribution in [0.25, 0.3) is 0 Å². The number of rotatable bonds is 7. The fraction of sp³-hybridized carbons (Fsp3) is 0.222. The van der Waals surface area contributed by atoms with Crippen LogP contribution in [0.5, 0.6) is 11.5 Å². The van der Waals surface area contributed by atoms with Gasteiger partial charge in [-0.3, -0.25) is 0 Å². The van der Waals surface area contributed by atoms with Crippen molar-refractivity contribution in [3.63, 3.8) is 0 Å². The standard InChI is InChI=1S/C18H20N6O2/c1-13(2)26-16-10-9-14(11-17(16)25-3)12-19-24-18(21-22-23-24)20-15-7-5-4-6-8-15/h4-13H,1-3H3,(H,20,21,23). The minimum atomic E-state index is 0.0660. The first-order valence-corrected chi connectivity index (χ1v) is 8.15. The Morgan fingerprint density at radius 3 is 2.65 bits per heavy atom. The number of tetrazole rings is 1. The highest BCUT2D eigenvalue weighted by Gasteiger charge is 2.08. The fourth-order valence-electron chi connectivity index (χ4n) is 2.22. The largest absolute Gasteiger partial charge is 0.493 e. The van der Waals surface area contributed by atoms with Gasteiger partial charge in [0.05, 0.1) is 19.4 Å².